The first-order chi connectivity index (χ1) is 14.4. The summed E-state index contributed by atoms with van der Waals surface area (Å²) in [6.07, 6.45) is 13.7. The minimum atomic E-state index is 0.359. The summed E-state index contributed by atoms with van der Waals surface area (Å²) in [4.78, 5) is 5.00. The summed E-state index contributed by atoms with van der Waals surface area (Å²) in [5, 5.41) is 0. The summed E-state index contributed by atoms with van der Waals surface area (Å²) in [7, 11) is 2.23. The minimum absolute atomic E-state index is 0.359. The van der Waals surface area contributed by atoms with E-state index < -0.39 is 0 Å². The largest absolute Gasteiger partial charge is 0.373 e. The highest BCUT2D eigenvalue weighted by atomic mass is 16.5. The van der Waals surface area contributed by atoms with Crippen molar-refractivity contribution in [1.82, 2.24) is 9.80 Å². The molecule has 30 heavy (non-hydrogen) atoms. The molecule has 1 heterocycles. The van der Waals surface area contributed by atoms with Gasteiger partial charge in [-0.15, -0.1) is 0 Å². The van der Waals surface area contributed by atoms with Gasteiger partial charge in [-0.3, -0.25) is 4.90 Å². The number of ether oxygens (including phenoxy) is 1. The van der Waals surface area contributed by atoms with E-state index in [-0.39, 0.29) is 0 Å². The molecule has 0 amide bonds. The minimum Gasteiger partial charge on any atom is -0.373 e. The molecule has 0 radical (unpaired) electrons. The van der Waals surface area contributed by atoms with Gasteiger partial charge in [0.05, 0.1) is 12.7 Å². The van der Waals surface area contributed by atoms with Crippen molar-refractivity contribution in [2.45, 2.75) is 71.3 Å². The first kappa shape index (κ1) is 21.2. The molecule has 0 spiro atoms. The Morgan fingerprint density at radius 2 is 1.70 bits per heavy atom. The van der Waals surface area contributed by atoms with Crippen LogP contribution in [0.15, 0.2) is 23.8 Å². The van der Waals surface area contributed by atoms with E-state index in [1.54, 1.807) is 11.1 Å². The van der Waals surface area contributed by atoms with E-state index in [1.165, 1.54) is 77.5 Å². The average Bonchev–Trinajstić information content (AvgIpc) is 3.04. The molecule has 1 saturated heterocycles. The van der Waals surface area contributed by atoms with E-state index in [1.807, 2.05) is 0 Å². The maximum atomic E-state index is 6.40. The van der Waals surface area contributed by atoms with Crippen LogP contribution in [0.4, 0.5) is 0 Å². The lowest BCUT2D eigenvalue weighted by Crippen LogP contribution is -2.50. The second-order valence-corrected chi connectivity index (χ2v) is 11.7. The van der Waals surface area contributed by atoms with Crippen LogP contribution in [0.25, 0.3) is 0 Å². The van der Waals surface area contributed by atoms with E-state index in [2.05, 4.69) is 43.3 Å². The molecule has 4 fully saturated rings. The van der Waals surface area contributed by atoms with Crippen LogP contribution >= 0.6 is 0 Å². The number of likely N-dealkylation sites (N-methyl/N-ethyl adjacent to an activating group) is 1. The third-order valence-corrected chi connectivity index (χ3v) is 10.4. The third-order valence-electron chi connectivity index (χ3n) is 10.4. The molecule has 5 rings (SSSR count). The normalized spacial score (nSPS) is 44.9. The second kappa shape index (κ2) is 8.05. The molecular formula is C27H44N2O. The quantitative estimate of drug-likeness (QED) is 0.595. The number of hydrogen-bond acceptors (Lipinski definition) is 3. The Hall–Kier alpha value is -0.640. The number of piperazine rings is 1. The van der Waals surface area contributed by atoms with Crippen LogP contribution in [0.5, 0.6) is 0 Å². The average molecular weight is 413 g/mol. The molecule has 3 saturated carbocycles. The van der Waals surface area contributed by atoms with Crippen LogP contribution in [-0.4, -0.2) is 62.3 Å². The van der Waals surface area contributed by atoms with Gasteiger partial charge >= 0.3 is 0 Å². The summed E-state index contributed by atoms with van der Waals surface area (Å²) in [5.41, 5.74) is 4.20. The smallest absolute Gasteiger partial charge is 0.0759 e. The summed E-state index contributed by atoms with van der Waals surface area (Å²) in [6, 6.07) is 0. The molecule has 0 aromatic carbocycles. The Kier molecular flexibility index (Phi) is 5.69. The lowest BCUT2D eigenvalue weighted by Gasteiger charge is -2.58. The number of fused-ring (bicyclic) bond motifs is 5. The molecule has 0 aromatic heterocycles. The maximum absolute atomic E-state index is 6.40. The van der Waals surface area contributed by atoms with Crippen LogP contribution in [0.2, 0.25) is 0 Å². The van der Waals surface area contributed by atoms with Crippen LogP contribution in [0, 0.1) is 28.6 Å². The zero-order chi connectivity index (χ0) is 20.9. The first-order valence-electron chi connectivity index (χ1n) is 12.8. The predicted molar refractivity (Wildman–Crippen MR) is 125 cm³/mol. The van der Waals surface area contributed by atoms with Crippen molar-refractivity contribution in [2.24, 2.45) is 28.6 Å². The van der Waals surface area contributed by atoms with Crippen LogP contribution < -0.4 is 0 Å². The Balaban J connectivity index is 1.21. The molecule has 5 aliphatic rings. The zero-order valence-corrected chi connectivity index (χ0v) is 19.8. The van der Waals surface area contributed by atoms with Crippen LogP contribution in [0.1, 0.15) is 65.2 Å². The van der Waals surface area contributed by atoms with Gasteiger partial charge in [0.1, 0.15) is 0 Å². The molecule has 3 unspecified atom stereocenters. The van der Waals surface area contributed by atoms with Gasteiger partial charge in [-0.2, -0.15) is 0 Å². The van der Waals surface area contributed by atoms with E-state index in [9.17, 15) is 0 Å². The number of allylic oxidation sites excluding steroid dienone is 2. The fourth-order valence-corrected chi connectivity index (χ4v) is 8.14. The summed E-state index contributed by atoms with van der Waals surface area (Å²) >= 11 is 0. The number of nitrogens with zero attached hydrogens (tertiary/aromatic N) is 2. The highest BCUT2D eigenvalue weighted by Crippen LogP contribution is 2.66. The fraction of sp³-hybridized carbons (Fsp3) is 0.852. The summed E-state index contributed by atoms with van der Waals surface area (Å²) in [5.74, 6) is 2.73. The molecule has 3 heteroatoms. The third kappa shape index (κ3) is 3.53. The van der Waals surface area contributed by atoms with Crippen molar-refractivity contribution in [3.05, 3.63) is 23.8 Å². The monoisotopic (exact) mass is 412 g/mol. The molecule has 6 atom stereocenters. The highest BCUT2D eigenvalue weighted by molar-refractivity contribution is 5.28. The van der Waals surface area contributed by atoms with E-state index in [0.717, 1.165) is 30.9 Å². The molecule has 4 aliphatic carbocycles. The van der Waals surface area contributed by atoms with Gasteiger partial charge in [0.15, 0.2) is 0 Å². The molecule has 3 nitrogen and oxygen atoms in total. The Labute approximate surface area is 184 Å². The molecule has 1 aliphatic heterocycles. The number of rotatable bonds is 4. The fourth-order valence-electron chi connectivity index (χ4n) is 8.14. The van der Waals surface area contributed by atoms with Crippen LogP contribution in [0.3, 0.4) is 0 Å². The lowest BCUT2D eigenvalue weighted by atomic mass is 9.47. The summed E-state index contributed by atoms with van der Waals surface area (Å²) in [6.45, 7) is 16.4. The number of hydrogen-bond donors (Lipinski definition) is 0. The van der Waals surface area contributed by atoms with Gasteiger partial charge in [-0.1, -0.05) is 37.6 Å². The van der Waals surface area contributed by atoms with Crippen molar-refractivity contribution >= 4 is 0 Å². The van der Waals surface area contributed by atoms with Gasteiger partial charge in [0, 0.05) is 32.7 Å². The van der Waals surface area contributed by atoms with Crippen molar-refractivity contribution in [3.8, 4) is 0 Å². The topological polar surface area (TPSA) is 15.7 Å². The SMILES string of the molecule is C=C1CCC2C3CCC4=C[C@@H](OCCN5CCN(C)CC5)CC[C@]4(C)C3CC[C@]12C. The van der Waals surface area contributed by atoms with E-state index in [4.69, 9.17) is 4.74 Å². The molecule has 168 valence electrons. The Morgan fingerprint density at radius 3 is 2.50 bits per heavy atom. The molecule has 0 aromatic rings. The van der Waals surface area contributed by atoms with Crippen LogP contribution in [-0.2, 0) is 4.74 Å². The van der Waals surface area contributed by atoms with Gasteiger partial charge in [-0.05, 0) is 87.0 Å². The zero-order valence-electron chi connectivity index (χ0n) is 19.8. The van der Waals surface area contributed by atoms with Crippen molar-refractivity contribution in [1.29, 1.82) is 0 Å². The van der Waals surface area contributed by atoms with Gasteiger partial charge in [0.25, 0.3) is 0 Å². The first-order valence-corrected chi connectivity index (χ1v) is 12.8. The van der Waals surface area contributed by atoms with E-state index in [0.29, 0.717) is 16.9 Å². The standard InChI is InChI=1S/C27H44N2O/c1-20-5-8-24-23-7-6-21-19-22(30-18-17-29-15-13-28(4)14-16-29)9-11-27(21,3)25(23)10-12-26(20,24)2/h19,22-25H,1,5-18H2,2-4H3/t22-,23?,24?,25?,26+,27-/m0/s1. The van der Waals surface area contributed by atoms with Gasteiger partial charge < -0.3 is 9.64 Å². The molecule has 0 bridgehead atoms. The van der Waals surface area contributed by atoms with Gasteiger partial charge in [-0.25, -0.2) is 0 Å². The lowest BCUT2D eigenvalue weighted by molar-refractivity contribution is -0.0382. The van der Waals surface area contributed by atoms with Crippen molar-refractivity contribution in [2.75, 3.05) is 46.4 Å². The highest BCUT2D eigenvalue weighted by Gasteiger charge is 2.57. The van der Waals surface area contributed by atoms with Crippen molar-refractivity contribution < 1.29 is 4.74 Å². The van der Waals surface area contributed by atoms with Crippen molar-refractivity contribution in [3.63, 3.8) is 0 Å². The summed E-state index contributed by atoms with van der Waals surface area (Å²) < 4.78 is 6.40. The molecular weight excluding hydrogens is 368 g/mol. The molecule has 0 N–H and O–H groups in total. The second-order valence-electron chi connectivity index (χ2n) is 11.7. The van der Waals surface area contributed by atoms with E-state index >= 15 is 0 Å². The Morgan fingerprint density at radius 1 is 0.967 bits per heavy atom. The van der Waals surface area contributed by atoms with Gasteiger partial charge in [0.2, 0.25) is 0 Å². The predicted octanol–water partition coefficient (Wildman–Crippen LogP) is 5.14. The maximum Gasteiger partial charge on any atom is 0.0759 e. The Bertz CT molecular complexity index is 693.